The Morgan fingerprint density at radius 1 is 1.00 bits per heavy atom. The van der Waals surface area contributed by atoms with Gasteiger partial charge in [-0.1, -0.05) is 17.7 Å². The van der Waals surface area contributed by atoms with Crippen LogP contribution in [0.3, 0.4) is 0 Å². The summed E-state index contributed by atoms with van der Waals surface area (Å²) in [5.41, 5.74) is 3.61. The molecule has 2 N–H and O–H groups in total. The van der Waals surface area contributed by atoms with Crippen molar-refractivity contribution < 1.29 is 9.59 Å². The van der Waals surface area contributed by atoms with Crippen LogP contribution in [0.5, 0.6) is 0 Å². The van der Waals surface area contributed by atoms with Crippen molar-refractivity contribution in [2.75, 3.05) is 5.32 Å². The summed E-state index contributed by atoms with van der Waals surface area (Å²) in [5, 5.41) is 6.28. The van der Waals surface area contributed by atoms with Gasteiger partial charge in [0.05, 0.1) is 10.7 Å². The van der Waals surface area contributed by atoms with Crippen LogP contribution < -0.4 is 10.6 Å². The normalized spacial score (nSPS) is 13.5. The van der Waals surface area contributed by atoms with Gasteiger partial charge in [-0.2, -0.15) is 0 Å². The van der Waals surface area contributed by atoms with Crippen LogP contribution in [0.4, 0.5) is 5.69 Å². The number of rotatable bonds is 4. The molecule has 5 heteroatoms. The molecule has 1 fully saturated rings. The largest absolute Gasteiger partial charge is 0.349 e. The van der Waals surface area contributed by atoms with Gasteiger partial charge in [0.25, 0.3) is 11.8 Å². The van der Waals surface area contributed by atoms with E-state index in [1.165, 1.54) is 0 Å². The Kier molecular flexibility index (Phi) is 4.58. The van der Waals surface area contributed by atoms with Gasteiger partial charge in [-0.05, 0) is 68.1 Å². The summed E-state index contributed by atoms with van der Waals surface area (Å²) in [6, 6.07) is 10.7. The van der Waals surface area contributed by atoms with Crippen LogP contribution in [0, 0.1) is 13.8 Å². The predicted molar refractivity (Wildman–Crippen MR) is 95.8 cm³/mol. The minimum atomic E-state index is -0.252. The van der Waals surface area contributed by atoms with Crippen LogP contribution in [0.25, 0.3) is 0 Å². The SMILES string of the molecule is Cc1cc(C)c(NC(=O)c2ccc(C(=O)NC3CC3)cc2)c(Cl)c1. The summed E-state index contributed by atoms with van der Waals surface area (Å²) in [4.78, 5) is 24.4. The standard InChI is InChI=1S/C19H19ClN2O2/c1-11-9-12(2)17(16(20)10-11)22-19(24)14-5-3-13(4-6-14)18(23)21-15-7-8-15/h3-6,9-10,15H,7-8H2,1-2H3,(H,21,23)(H,22,24). The zero-order valence-corrected chi connectivity index (χ0v) is 14.4. The molecule has 0 radical (unpaired) electrons. The van der Waals surface area contributed by atoms with Gasteiger partial charge in [0.15, 0.2) is 0 Å². The molecular formula is C19H19ClN2O2. The van der Waals surface area contributed by atoms with E-state index in [0.717, 1.165) is 24.0 Å². The van der Waals surface area contributed by atoms with Crippen LogP contribution >= 0.6 is 11.6 Å². The number of hydrogen-bond acceptors (Lipinski definition) is 2. The van der Waals surface area contributed by atoms with Gasteiger partial charge in [-0.25, -0.2) is 0 Å². The van der Waals surface area contributed by atoms with Gasteiger partial charge in [0.1, 0.15) is 0 Å². The second-order valence-corrected chi connectivity index (χ2v) is 6.63. The number of benzene rings is 2. The monoisotopic (exact) mass is 342 g/mol. The Morgan fingerprint density at radius 2 is 1.58 bits per heavy atom. The van der Waals surface area contributed by atoms with Crippen LogP contribution in [0.2, 0.25) is 5.02 Å². The van der Waals surface area contributed by atoms with E-state index in [9.17, 15) is 9.59 Å². The Bertz CT molecular complexity index is 773. The van der Waals surface area contributed by atoms with E-state index in [1.54, 1.807) is 24.3 Å². The Labute approximate surface area is 146 Å². The third-order valence-electron chi connectivity index (χ3n) is 3.99. The number of carbonyl (C=O) groups is 2. The number of carbonyl (C=O) groups excluding carboxylic acids is 2. The number of aryl methyl sites for hydroxylation is 2. The van der Waals surface area contributed by atoms with Gasteiger partial charge in [0.2, 0.25) is 0 Å². The molecule has 1 aliphatic carbocycles. The van der Waals surface area contributed by atoms with Gasteiger partial charge in [-0.15, -0.1) is 0 Å². The van der Waals surface area contributed by atoms with Crippen LogP contribution in [-0.4, -0.2) is 17.9 Å². The van der Waals surface area contributed by atoms with E-state index in [1.807, 2.05) is 26.0 Å². The van der Waals surface area contributed by atoms with Crippen LogP contribution in [0.15, 0.2) is 36.4 Å². The van der Waals surface area contributed by atoms with Gasteiger partial charge in [-0.3, -0.25) is 9.59 Å². The van der Waals surface area contributed by atoms with Gasteiger partial charge in [0, 0.05) is 17.2 Å². The summed E-state index contributed by atoms with van der Waals surface area (Å²) in [7, 11) is 0. The molecule has 24 heavy (non-hydrogen) atoms. The molecule has 2 aromatic carbocycles. The van der Waals surface area contributed by atoms with Crippen molar-refractivity contribution in [2.45, 2.75) is 32.7 Å². The van der Waals surface area contributed by atoms with E-state index in [-0.39, 0.29) is 11.8 Å². The first-order valence-electron chi connectivity index (χ1n) is 7.93. The molecule has 124 valence electrons. The molecule has 0 saturated heterocycles. The molecule has 1 aliphatic rings. The van der Waals surface area contributed by atoms with Crippen molar-refractivity contribution in [3.63, 3.8) is 0 Å². The van der Waals surface area contributed by atoms with Crippen molar-refractivity contribution in [3.05, 3.63) is 63.7 Å². The van der Waals surface area contributed by atoms with E-state index in [4.69, 9.17) is 11.6 Å². The fourth-order valence-corrected chi connectivity index (χ4v) is 2.90. The third-order valence-corrected chi connectivity index (χ3v) is 4.29. The highest BCUT2D eigenvalue weighted by atomic mass is 35.5. The lowest BCUT2D eigenvalue weighted by atomic mass is 10.1. The summed E-state index contributed by atoms with van der Waals surface area (Å²) in [5.74, 6) is -0.347. The number of halogens is 1. The lowest BCUT2D eigenvalue weighted by Gasteiger charge is -2.12. The van der Waals surface area contributed by atoms with Crippen molar-refractivity contribution in [3.8, 4) is 0 Å². The molecule has 0 heterocycles. The van der Waals surface area contributed by atoms with E-state index in [2.05, 4.69) is 10.6 Å². The molecular weight excluding hydrogens is 324 g/mol. The molecule has 3 rings (SSSR count). The molecule has 0 atom stereocenters. The zero-order valence-electron chi connectivity index (χ0n) is 13.7. The maximum absolute atomic E-state index is 12.4. The smallest absolute Gasteiger partial charge is 0.255 e. The van der Waals surface area contributed by atoms with Crippen LogP contribution in [-0.2, 0) is 0 Å². The zero-order chi connectivity index (χ0) is 17.3. The fourth-order valence-electron chi connectivity index (χ4n) is 2.53. The molecule has 0 bridgehead atoms. The summed E-state index contributed by atoms with van der Waals surface area (Å²) >= 11 is 6.22. The molecule has 4 nitrogen and oxygen atoms in total. The molecule has 0 unspecified atom stereocenters. The van der Waals surface area contributed by atoms with Gasteiger partial charge < -0.3 is 10.6 Å². The summed E-state index contributed by atoms with van der Waals surface area (Å²) < 4.78 is 0. The fraction of sp³-hybridized carbons (Fsp3) is 0.263. The van der Waals surface area contributed by atoms with Crippen molar-refractivity contribution >= 4 is 29.1 Å². The highest BCUT2D eigenvalue weighted by Gasteiger charge is 2.23. The lowest BCUT2D eigenvalue weighted by molar-refractivity contribution is 0.0949. The molecule has 2 amide bonds. The Morgan fingerprint density at radius 3 is 2.12 bits per heavy atom. The molecule has 2 aromatic rings. The topological polar surface area (TPSA) is 58.2 Å². The number of hydrogen-bond donors (Lipinski definition) is 2. The minimum Gasteiger partial charge on any atom is -0.349 e. The summed E-state index contributed by atoms with van der Waals surface area (Å²) in [6.07, 6.45) is 2.09. The van der Waals surface area contributed by atoms with Crippen molar-refractivity contribution in [1.29, 1.82) is 0 Å². The first kappa shape index (κ1) is 16.5. The maximum atomic E-state index is 12.4. The predicted octanol–water partition coefficient (Wildman–Crippen LogP) is 4.10. The first-order valence-corrected chi connectivity index (χ1v) is 8.31. The van der Waals surface area contributed by atoms with Crippen molar-refractivity contribution in [1.82, 2.24) is 5.32 Å². The second-order valence-electron chi connectivity index (χ2n) is 6.22. The maximum Gasteiger partial charge on any atom is 0.255 e. The third kappa shape index (κ3) is 3.77. The second kappa shape index (κ2) is 6.65. The van der Waals surface area contributed by atoms with Crippen molar-refractivity contribution in [2.24, 2.45) is 0 Å². The molecule has 0 spiro atoms. The average Bonchev–Trinajstić information content (AvgIpc) is 3.34. The van der Waals surface area contributed by atoms with E-state index < -0.39 is 0 Å². The lowest BCUT2D eigenvalue weighted by Crippen LogP contribution is -2.25. The minimum absolute atomic E-state index is 0.0955. The number of nitrogens with one attached hydrogen (secondary N) is 2. The highest BCUT2D eigenvalue weighted by Crippen LogP contribution is 2.27. The summed E-state index contributed by atoms with van der Waals surface area (Å²) in [6.45, 7) is 3.86. The Balaban J connectivity index is 1.72. The number of anilines is 1. The molecule has 0 aliphatic heterocycles. The average molecular weight is 343 g/mol. The molecule has 1 saturated carbocycles. The number of amides is 2. The van der Waals surface area contributed by atoms with E-state index in [0.29, 0.717) is 27.9 Å². The Hall–Kier alpha value is -2.33. The van der Waals surface area contributed by atoms with Gasteiger partial charge >= 0.3 is 0 Å². The molecule has 0 aromatic heterocycles. The van der Waals surface area contributed by atoms with E-state index >= 15 is 0 Å². The quantitative estimate of drug-likeness (QED) is 0.878. The first-order chi connectivity index (χ1) is 11.4. The van der Waals surface area contributed by atoms with Crippen LogP contribution in [0.1, 0.15) is 44.7 Å². The highest BCUT2D eigenvalue weighted by molar-refractivity contribution is 6.34.